The van der Waals surface area contributed by atoms with E-state index in [1.54, 1.807) is 0 Å². The number of piperazine rings is 1. The zero-order chi connectivity index (χ0) is 17.1. The molecule has 0 spiro atoms. The van der Waals surface area contributed by atoms with Crippen LogP contribution in [0.4, 0.5) is 0 Å². The van der Waals surface area contributed by atoms with E-state index in [2.05, 4.69) is 27.2 Å². The molecular weight excluding hydrogens is 389 g/mol. The normalized spacial score (nSPS) is 22.0. The molecular formula is C19H31Cl2N3O3. The van der Waals surface area contributed by atoms with Gasteiger partial charge in [-0.15, -0.1) is 24.8 Å². The molecule has 0 radical (unpaired) electrons. The highest BCUT2D eigenvalue weighted by molar-refractivity contribution is 5.85. The van der Waals surface area contributed by atoms with Crippen molar-refractivity contribution < 1.29 is 14.6 Å². The molecule has 2 N–H and O–H groups in total. The van der Waals surface area contributed by atoms with Crippen molar-refractivity contribution in [2.45, 2.75) is 25.5 Å². The predicted octanol–water partition coefficient (Wildman–Crippen LogP) is 1.74. The van der Waals surface area contributed by atoms with Crippen LogP contribution < -0.4 is 14.8 Å². The Bertz CT molecular complexity index is 579. The maximum absolute atomic E-state index is 10.5. The predicted molar refractivity (Wildman–Crippen MR) is 110 cm³/mol. The molecule has 0 aliphatic carbocycles. The number of nitrogens with one attached hydrogen (secondary N) is 1. The van der Waals surface area contributed by atoms with Crippen molar-refractivity contribution >= 4 is 24.8 Å². The molecule has 1 aromatic carbocycles. The molecule has 1 unspecified atom stereocenters. The fraction of sp³-hybridized carbons (Fsp3) is 0.684. The van der Waals surface area contributed by atoms with Crippen LogP contribution in [-0.2, 0) is 6.54 Å². The quantitative estimate of drug-likeness (QED) is 0.757. The monoisotopic (exact) mass is 419 g/mol. The van der Waals surface area contributed by atoms with Gasteiger partial charge < -0.3 is 19.9 Å². The Kier molecular flexibility index (Phi) is 8.92. The van der Waals surface area contributed by atoms with Crippen LogP contribution in [-0.4, -0.2) is 73.6 Å². The van der Waals surface area contributed by atoms with E-state index in [4.69, 9.17) is 9.47 Å². The van der Waals surface area contributed by atoms with Gasteiger partial charge in [0, 0.05) is 39.3 Å². The molecule has 0 aromatic heterocycles. The van der Waals surface area contributed by atoms with Crippen LogP contribution in [0.5, 0.6) is 11.5 Å². The molecule has 0 bridgehead atoms. The average molecular weight is 420 g/mol. The largest absolute Gasteiger partial charge is 0.454 e. The number of piperidine rings is 1. The second kappa shape index (κ2) is 10.7. The van der Waals surface area contributed by atoms with E-state index in [9.17, 15) is 5.11 Å². The fourth-order valence-electron chi connectivity index (χ4n) is 4.07. The number of β-amino-alcohol motifs (C(OH)–C–C–N with tert-alkyl or cyclic N) is 1. The molecule has 3 aliphatic heterocycles. The van der Waals surface area contributed by atoms with Gasteiger partial charge in [0.1, 0.15) is 0 Å². The molecule has 1 atom stereocenters. The van der Waals surface area contributed by atoms with Gasteiger partial charge >= 0.3 is 0 Å². The van der Waals surface area contributed by atoms with Crippen LogP contribution in [0.2, 0.25) is 0 Å². The number of aliphatic hydroxyl groups is 1. The summed E-state index contributed by atoms with van der Waals surface area (Å²) in [6.07, 6.45) is 2.03. The first-order valence-corrected chi connectivity index (χ1v) is 9.50. The number of halogens is 2. The zero-order valence-corrected chi connectivity index (χ0v) is 17.3. The van der Waals surface area contributed by atoms with Gasteiger partial charge in [-0.1, -0.05) is 6.07 Å². The second-order valence-electron chi connectivity index (χ2n) is 7.42. The first kappa shape index (κ1) is 22.5. The summed E-state index contributed by atoms with van der Waals surface area (Å²) < 4.78 is 10.8. The highest BCUT2D eigenvalue weighted by Crippen LogP contribution is 2.32. The molecule has 2 fully saturated rings. The van der Waals surface area contributed by atoms with Gasteiger partial charge in [0.15, 0.2) is 11.5 Å². The van der Waals surface area contributed by atoms with Crippen LogP contribution in [0.25, 0.3) is 0 Å². The lowest BCUT2D eigenvalue weighted by molar-refractivity contribution is 0.0304. The van der Waals surface area contributed by atoms with Gasteiger partial charge in [0.2, 0.25) is 6.79 Å². The minimum Gasteiger partial charge on any atom is -0.454 e. The van der Waals surface area contributed by atoms with Crippen molar-refractivity contribution in [2.24, 2.45) is 5.92 Å². The van der Waals surface area contributed by atoms with Crippen LogP contribution in [0.3, 0.4) is 0 Å². The molecule has 6 nitrogen and oxygen atoms in total. The third kappa shape index (κ3) is 5.86. The second-order valence-corrected chi connectivity index (χ2v) is 7.42. The molecule has 8 heteroatoms. The van der Waals surface area contributed by atoms with Crippen molar-refractivity contribution in [3.8, 4) is 11.5 Å². The van der Waals surface area contributed by atoms with Crippen molar-refractivity contribution in [2.75, 3.05) is 52.6 Å². The summed E-state index contributed by atoms with van der Waals surface area (Å²) in [5.74, 6) is 2.18. The lowest BCUT2D eigenvalue weighted by atomic mass is 9.92. The standard InChI is InChI=1S/C19H29N3O3.2ClH/c23-17(16-3-5-20-6-4-16)13-22-9-7-21(8-10-22)12-15-1-2-18-19(11-15)25-14-24-18;;/h1-2,11,16-17,20,23H,3-10,12-14H2;2*1H. The number of ether oxygens (including phenoxy) is 2. The SMILES string of the molecule is Cl.Cl.OC(CN1CCN(Cc2ccc3c(c2)OCO3)CC1)C1CCNCC1. The van der Waals surface area contributed by atoms with E-state index >= 15 is 0 Å². The van der Waals surface area contributed by atoms with Crippen LogP contribution in [0.1, 0.15) is 18.4 Å². The maximum atomic E-state index is 10.5. The fourth-order valence-corrected chi connectivity index (χ4v) is 4.07. The number of rotatable bonds is 5. The summed E-state index contributed by atoms with van der Waals surface area (Å²) in [6.45, 7) is 8.36. The number of fused-ring (bicyclic) bond motifs is 1. The Morgan fingerprint density at radius 1 is 1.00 bits per heavy atom. The number of aliphatic hydroxyl groups excluding tert-OH is 1. The zero-order valence-electron chi connectivity index (χ0n) is 15.6. The van der Waals surface area contributed by atoms with Crippen LogP contribution >= 0.6 is 24.8 Å². The topological polar surface area (TPSA) is 57.2 Å². The van der Waals surface area contributed by atoms with Crippen molar-refractivity contribution in [3.05, 3.63) is 23.8 Å². The minimum atomic E-state index is -0.178. The van der Waals surface area contributed by atoms with Gasteiger partial charge in [0.05, 0.1) is 6.10 Å². The number of hydrogen-bond donors (Lipinski definition) is 2. The summed E-state index contributed by atoms with van der Waals surface area (Å²) in [4.78, 5) is 4.90. The number of hydrogen-bond acceptors (Lipinski definition) is 6. The third-order valence-corrected chi connectivity index (χ3v) is 5.68. The van der Waals surface area contributed by atoms with Crippen LogP contribution in [0.15, 0.2) is 18.2 Å². The summed E-state index contributed by atoms with van der Waals surface area (Å²) in [6, 6.07) is 6.22. The molecule has 0 saturated carbocycles. The molecule has 2 saturated heterocycles. The van der Waals surface area contributed by atoms with Gasteiger partial charge in [-0.05, 0) is 49.5 Å². The van der Waals surface area contributed by atoms with Gasteiger partial charge in [0.25, 0.3) is 0 Å². The molecule has 3 heterocycles. The van der Waals surface area contributed by atoms with Crippen molar-refractivity contribution in [1.29, 1.82) is 0 Å². The van der Waals surface area contributed by atoms with E-state index in [1.165, 1.54) is 5.56 Å². The highest BCUT2D eigenvalue weighted by atomic mass is 35.5. The Labute approximate surface area is 174 Å². The van der Waals surface area contributed by atoms with Crippen molar-refractivity contribution in [3.63, 3.8) is 0 Å². The number of benzene rings is 1. The first-order valence-electron chi connectivity index (χ1n) is 9.50. The lowest BCUT2D eigenvalue weighted by Gasteiger charge is -2.37. The van der Waals surface area contributed by atoms with Crippen molar-refractivity contribution in [1.82, 2.24) is 15.1 Å². The van der Waals surface area contributed by atoms with E-state index in [0.717, 1.165) is 76.7 Å². The average Bonchev–Trinajstić information content (AvgIpc) is 3.12. The lowest BCUT2D eigenvalue weighted by Crippen LogP contribution is -2.49. The number of nitrogens with zero attached hydrogens (tertiary/aromatic N) is 2. The smallest absolute Gasteiger partial charge is 0.231 e. The summed E-state index contributed by atoms with van der Waals surface area (Å²) in [5, 5.41) is 13.9. The van der Waals surface area contributed by atoms with E-state index in [1.807, 2.05) is 6.07 Å². The van der Waals surface area contributed by atoms with E-state index in [-0.39, 0.29) is 30.9 Å². The Morgan fingerprint density at radius 3 is 2.41 bits per heavy atom. The molecule has 27 heavy (non-hydrogen) atoms. The van der Waals surface area contributed by atoms with E-state index in [0.29, 0.717) is 12.7 Å². The first-order chi connectivity index (χ1) is 12.3. The Morgan fingerprint density at radius 2 is 1.67 bits per heavy atom. The van der Waals surface area contributed by atoms with Gasteiger partial charge in [-0.2, -0.15) is 0 Å². The summed E-state index contributed by atoms with van der Waals surface area (Å²) >= 11 is 0. The van der Waals surface area contributed by atoms with Crippen LogP contribution in [0, 0.1) is 5.92 Å². The minimum absolute atomic E-state index is 0. The Balaban J connectivity index is 0.00000131. The maximum Gasteiger partial charge on any atom is 0.231 e. The van der Waals surface area contributed by atoms with E-state index < -0.39 is 0 Å². The highest BCUT2D eigenvalue weighted by Gasteiger charge is 2.25. The molecule has 4 rings (SSSR count). The Hall–Kier alpha value is -0.760. The molecule has 154 valence electrons. The molecule has 1 aromatic rings. The summed E-state index contributed by atoms with van der Waals surface area (Å²) in [7, 11) is 0. The van der Waals surface area contributed by atoms with Gasteiger partial charge in [-0.25, -0.2) is 0 Å². The molecule has 3 aliphatic rings. The summed E-state index contributed by atoms with van der Waals surface area (Å²) in [5.41, 5.74) is 1.27. The van der Waals surface area contributed by atoms with Gasteiger partial charge in [-0.3, -0.25) is 9.80 Å². The third-order valence-electron chi connectivity index (χ3n) is 5.68. The molecule has 0 amide bonds.